The van der Waals surface area contributed by atoms with Gasteiger partial charge in [0.25, 0.3) is 0 Å². The van der Waals surface area contributed by atoms with Crippen molar-refractivity contribution in [2.45, 2.75) is 11.8 Å². The number of benzene rings is 2. The summed E-state index contributed by atoms with van der Waals surface area (Å²) in [5.41, 5.74) is 1.10. The van der Waals surface area contributed by atoms with Crippen LogP contribution in [-0.4, -0.2) is 5.12 Å². The van der Waals surface area contributed by atoms with Gasteiger partial charge in [-0.1, -0.05) is 54.7 Å². The van der Waals surface area contributed by atoms with Crippen LogP contribution in [0.1, 0.15) is 12.5 Å². The maximum absolute atomic E-state index is 11.2. The lowest BCUT2D eigenvalue weighted by atomic mass is 10.0. The molecule has 16 heavy (non-hydrogen) atoms. The Bertz CT molecular complexity index is 558. The molecule has 0 radical (unpaired) electrons. The summed E-state index contributed by atoms with van der Waals surface area (Å²) in [4.78, 5) is 12.2. The van der Waals surface area contributed by atoms with Crippen LogP contribution < -0.4 is 0 Å². The van der Waals surface area contributed by atoms with Crippen LogP contribution in [0.15, 0.2) is 47.9 Å². The highest BCUT2D eigenvalue weighted by Gasteiger charge is 2.06. The summed E-state index contributed by atoms with van der Waals surface area (Å²) in [6, 6.07) is 12.0. The Kier molecular flexibility index (Phi) is 3.11. The first-order valence-corrected chi connectivity index (χ1v) is 5.86. The molecule has 0 aromatic heterocycles. The molecule has 0 spiro atoms. The molecule has 0 aliphatic rings. The maximum atomic E-state index is 11.2. The van der Waals surface area contributed by atoms with Crippen LogP contribution in [0.3, 0.4) is 0 Å². The van der Waals surface area contributed by atoms with Gasteiger partial charge in [-0.15, -0.1) is 0 Å². The quantitative estimate of drug-likeness (QED) is 0.719. The summed E-state index contributed by atoms with van der Waals surface area (Å²) in [7, 11) is 0. The summed E-state index contributed by atoms with van der Waals surface area (Å²) in [5.74, 6) is 0. The molecule has 0 aliphatic carbocycles. The highest BCUT2D eigenvalue weighted by Crippen LogP contribution is 2.30. The molecule has 2 rings (SSSR count). The highest BCUT2D eigenvalue weighted by molar-refractivity contribution is 8.13. The van der Waals surface area contributed by atoms with Gasteiger partial charge >= 0.3 is 0 Å². The van der Waals surface area contributed by atoms with Crippen LogP contribution in [-0.2, 0) is 4.79 Å². The largest absolute Gasteiger partial charge is 0.287 e. The summed E-state index contributed by atoms with van der Waals surface area (Å²) in [5, 5.41) is 2.36. The number of fused-ring (bicyclic) bond motifs is 1. The van der Waals surface area contributed by atoms with Crippen molar-refractivity contribution in [2.24, 2.45) is 0 Å². The molecule has 2 aromatic rings. The third-order valence-corrected chi connectivity index (χ3v) is 3.25. The third kappa shape index (κ3) is 2.02. The second kappa shape index (κ2) is 4.54. The van der Waals surface area contributed by atoms with E-state index in [1.54, 1.807) is 6.92 Å². The summed E-state index contributed by atoms with van der Waals surface area (Å²) in [6.45, 7) is 5.38. The molecule has 0 N–H and O–H groups in total. The lowest BCUT2D eigenvalue weighted by Gasteiger charge is -2.06. The van der Waals surface area contributed by atoms with Gasteiger partial charge in [0, 0.05) is 11.8 Å². The zero-order valence-electron chi connectivity index (χ0n) is 9.07. The van der Waals surface area contributed by atoms with Crippen LogP contribution >= 0.6 is 11.8 Å². The fourth-order valence-electron chi connectivity index (χ4n) is 1.72. The molecular weight excluding hydrogens is 216 g/mol. The topological polar surface area (TPSA) is 17.1 Å². The van der Waals surface area contributed by atoms with E-state index in [0.717, 1.165) is 21.2 Å². The van der Waals surface area contributed by atoms with E-state index < -0.39 is 0 Å². The van der Waals surface area contributed by atoms with E-state index in [9.17, 15) is 4.79 Å². The van der Waals surface area contributed by atoms with Gasteiger partial charge < -0.3 is 0 Å². The van der Waals surface area contributed by atoms with E-state index in [2.05, 4.69) is 12.6 Å². The van der Waals surface area contributed by atoms with Crippen molar-refractivity contribution in [3.8, 4) is 0 Å². The molecule has 0 amide bonds. The van der Waals surface area contributed by atoms with Crippen molar-refractivity contribution in [2.75, 3.05) is 0 Å². The number of carbonyl (C=O) groups excluding carboxylic acids is 1. The van der Waals surface area contributed by atoms with Crippen LogP contribution in [0.4, 0.5) is 0 Å². The zero-order chi connectivity index (χ0) is 11.5. The highest BCUT2D eigenvalue weighted by atomic mass is 32.2. The smallest absolute Gasteiger partial charge is 0.190 e. The van der Waals surface area contributed by atoms with Gasteiger partial charge in [0.2, 0.25) is 0 Å². The standard InChI is InChI=1S/C14H12OS/c1-3-11-8-9-14(16-10(2)15)13-7-5-4-6-12(11)13/h3-9H,1H2,2H3. The SMILES string of the molecule is C=Cc1ccc(SC(C)=O)c2ccccc12. The molecule has 0 unspecified atom stereocenters. The van der Waals surface area contributed by atoms with E-state index in [1.165, 1.54) is 11.8 Å². The minimum absolute atomic E-state index is 0.108. The Morgan fingerprint density at radius 2 is 1.88 bits per heavy atom. The number of thioether (sulfide) groups is 1. The molecule has 0 saturated carbocycles. The van der Waals surface area contributed by atoms with Crippen LogP contribution in [0.5, 0.6) is 0 Å². The number of hydrogen-bond donors (Lipinski definition) is 0. The lowest BCUT2D eigenvalue weighted by Crippen LogP contribution is -1.85. The lowest BCUT2D eigenvalue weighted by molar-refractivity contribution is -0.109. The van der Waals surface area contributed by atoms with E-state index in [-0.39, 0.29) is 5.12 Å². The van der Waals surface area contributed by atoms with Crippen LogP contribution in [0, 0.1) is 0 Å². The molecule has 80 valence electrons. The van der Waals surface area contributed by atoms with Gasteiger partial charge in [-0.3, -0.25) is 4.79 Å². The normalized spacial score (nSPS) is 10.3. The first-order chi connectivity index (χ1) is 7.72. The Morgan fingerprint density at radius 3 is 2.50 bits per heavy atom. The molecule has 0 bridgehead atoms. The summed E-state index contributed by atoms with van der Waals surface area (Å²) < 4.78 is 0. The number of hydrogen-bond acceptors (Lipinski definition) is 2. The minimum atomic E-state index is 0.108. The van der Waals surface area contributed by atoms with Crippen molar-refractivity contribution in [1.82, 2.24) is 0 Å². The predicted molar refractivity (Wildman–Crippen MR) is 70.6 cm³/mol. The summed E-state index contributed by atoms with van der Waals surface area (Å²) >= 11 is 1.27. The zero-order valence-corrected chi connectivity index (χ0v) is 9.88. The molecule has 1 nitrogen and oxygen atoms in total. The molecule has 0 heterocycles. The molecule has 0 fully saturated rings. The van der Waals surface area contributed by atoms with E-state index >= 15 is 0 Å². The maximum Gasteiger partial charge on any atom is 0.190 e. The molecule has 0 atom stereocenters. The average Bonchev–Trinajstić information content (AvgIpc) is 2.29. The minimum Gasteiger partial charge on any atom is -0.287 e. The first kappa shape index (κ1) is 11.0. The second-order valence-electron chi connectivity index (χ2n) is 3.50. The van der Waals surface area contributed by atoms with Crippen molar-refractivity contribution in [1.29, 1.82) is 0 Å². The van der Waals surface area contributed by atoms with E-state index in [0.29, 0.717) is 0 Å². The van der Waals surface area contributed by atoms with Crippen molar-refractivity contribution in [3.05, 3.63) is 48.5 Å². The van der Waals surface area contributed by atoms with Gasteiger partial charge in [-0.25, -0.2) is 0 Å². The van der Waals surface area contributed by atoms with E-state index in [4.69, 9.17) is 0 Å². The first-order valence-electron chi connectivity index (χ1n) is 5.05. The van der Waals surface area contributed by atoms with Gasteiger partial charge in [-0.05, 0) is 22.4 Å². The molecular formula is C14H12OS. The fraction of sp³-hybridized carbons (Fsp3) is 0.0714. The monoisotopic (exact) mass is 228 g/mol. The molecule has 0 saturated heterocycles. The Labute approximate surface area is 99.2 Å². The fourth-order valence-corrected chi connectivity index (χ4v) is 2.45. The van der Waals surface area contributed by atoms with Crippen molar-refractivity contribution in [3.63, 3.8) is 0 Å². The van der Waals surface area contributed by atoms with Gasteiger partial charge in [0.15, 0.2) is 5.12 Å². The third-order valence-electron chi connectivity index (χ3n) is 2.39. The second-order valence-corrected chi connectivity index (χ2v) is 4.72. The van der Waals surface area contributed by atoms with Crippen LogP contribution in [0.25, 0.3) is 16.8 Å². The Morgan fingerprint density at radius 1 is 1.19 bits per heavy atom. The van der Waals surface area contributed by atoms with Crippen molar-refractivity contribution >= 4 is 33.7 Å². The molecule has 2 heteroatoms. The number of carbonyl (C=O) groups is 1. The average molecular weight is 228 g/mol. The Hall–Kier alpha value is -1.54. The van der Waals surface area contributed by atoms with Crippen molar-refractivity contribution < 1.29 is 4.79 Å². The van der Waals surface area contributed by atoms with Gasteiger partial charge in [0.05, 0.1) is 0 Å². The van der Waals surface area contributed by atoms with Crippen LogP contribution in [0.2, 0.25) is 0 Å². The molecule has 0 aliphatic heterocycles. The molecule has 2 aromatic carbocycles. The van der Waals surface area contributed by atoms with Gasteiger partial charge in [0.1, 0.15) is 0 Å². The van der Waals surface area contributed by atoms with E-state index in [1.807, 2.05) is 36.4 Å². The predicted octanol–water partition coefficient (Wildman–Crippen LogP) is 4.12. The number of rotatable bonds is 2. The Balaban J connectivity index is 2.69. The summed E-state index contributed by atoms with van der Waals surface area (Å²) in [6.07, 6.45) is 1.84. The van der Waals surface area contributed by atoms with Gasteiger partial charge in [-0.2, -0.15) is 0 Å².